The van der Waals surface area contributed by atoms with Crippen LogP contribution in [0, 0.1) is 11.7 Å². The number of alkyl halides is 3. The normalized spacial score (nSPS) is 26.6. The van der Waals surface area contributed by atoms with Crippen molar-refractivity contribution in [2.45, 2.75) is 68.4 Å². The molecular weight excluding hydrogens is 488 g/mol. The number of nitrogens with zero attached hydrogens (tertiary/aromatic N) is 2. The fraction of sp³-hybridized carbons (Fsp3) is 0.556. The number of aliphatic hydroxyl groups is 1. The number of aromatic nitrogens is 1. The monoisotopic (exact) mass is 520 g/mol. The Labute approximate surface area is 213 Å². The van der Waals surface area contributed by atoms with E-state index in [9.17, 15) is 27.5 Å². The molecule has 37 heavy (non-hydrogen) atoms. The molecule has 1 amide bonds. The van der Waals surface area contributed by atoms with Gasteiger partial charge in [-0.05, 0) is 74.3 Å². The summed E-state index contributed by atoms with van der Waals surface area (Å²) in [7, 11) is 0. The van der Waals surface area contributed by atoms with Crippen LogP contribution in [0.1, 0.15) is 55.2 Å². The number of pyridine rings is 1. The Morgan fingerprint density at radius 3 is 2.51 bits per heavy atom. The van der Waals surface area contributed by atoms with Crippen LogP contribution in [0.3, 0.4) is 0 Å². The van der Waals surface area contributed by atoms with Crippen molar-refractivity contribution in [1.82, 2.24) is 20.5 Å². The molecule has 2 aliphatic heterocycles. The quantitative estimate of drug-likeness (QED) is 0.506. The maximum absolute atomic E-state index is 13.8. The molecule has 10 heteroatoms. The van der Waals surface area contributed by atoms with Crippen molar-refractivity contribution in [1.29, 1.82) is 0 Å². The summed E-state index contributed by atoms with van der Waals surface area (Å²) in [5, 5.41) is 17.4. The average Bonchev–Trinajstić information content (AvgIpc) is 3.74. The van der Waals surface area contributed by atoms with Crippen molar-refractivity contribution in [2.24, 2.45) is 5.92 Å². The Hall–Kier alpha value is -2.56. The highest BCUT2D eigenvalue weighted by Gasteiger charge is 2.53. The average molecular weight is 521 g/mol. The molecule has 0 spiro atoms. The molecule has 0 bridgehead atoms. The van der Waals surface area contributed by atoms with Crippen LogP contribution in [0.15, 0.2) is 42.7 Å². The molecule has 5 rings (SSSR count). The standard InChI is InChI=1S/C27H32F4N4O2/c28-22-13-18(12-21(14-22)27(29,30)31)15-33-24(36)26(19-3-4-19)6-5-23(17-34-26)35-10-7-25(37,8-11-35)20-2-1-9-32-16-20/h1-2,9,12-14,16,19,23,34,37H,3-8,10-11,15,17H2,(H,33,36)/t23?,26-/m0/s1. The summed E-state index contributed by atoms with van der Waals surface area (Å²) in [4.78, 5) is 19.8. The molecule has 3 N–H and O–H groups in total. The van der Waals surface area contributed by atoms with Crippen molar-refractivity contribution in [3.8, 4) is 0 Å². The number of carbonyl (C=O) groups is 1. The first-order valence-electron chi connectivity index (χ1n) is 12.9. The lowest BCUT2D eigenvalue weighted by Crippen LogP contribution is -2.65. The highest BCUT2D eigenvalue weighted by molar-refractivity contribution is 5.87. The largest absolute Gasteiger partial charge is 0.416 e. The zero-order valence-electron chi connectivity index (χ0n) is 20.5. The van der Waals surface area contributed by atoms with Gasteiger partial charge < -0.3 is 15.7 Å². The number of amides is 1. The lowest BCUT2D eigenvalue weighted by molar-refractivity contribution is -0.137. The van der Waals surface area contributed by atoms with Crippen molar-refractivity contribution in [3.05, 3.63) is 65.2 Å². The summed E-state index contributed by atoms with van der Waals surface area (Å²) >= 11 is 0. The number of halogens is 4. The Bertz CT molecular complexity index is 1110. The summed E-state index contributed by atoms with van der Waals surface area (Å²) in [6.07, 6.45) is 3.24. The maximum Gasteiger partial charge on any atom is 0.416 e. The molecule has 2 saturated heterocycles. The number of benzene rings is 1. The minimum absolute atomic E-state index is 0.0785. The molecule has 1 aliphatic carbocycles. The number of piperidine rings is 2. The minimum atomic E-state index is -4.65. The van der Waals surface area contributed by atoms with Gasteiger partial charge in [-0.25, -0.2) is 4.39 Å². The SMILES string of the molecule is O=C(NCc1cc(F)cc(C(F)(F)F)c1)[C@@]1(C2CC2)CCC(N2CCC(O)(c3cccnc3)CC2)CN1. The van der Waals surface area contributed by atoms with Gasteiger partial charge in [0.2, 0.25) is 5.91 Å². The smallest absolute Gasteiger partial charge is 0.385 e. The van der Waals surface area contributed by atoms with Gasteiger partial charge in [-0.1, -0.05) is 6.07 Å². The van der Waals surface area contributed by atoms with Crippen LogP contribution in [0.25, 0.3) is 0 Å². The second kappa shape index (κ2) is 9.96. The van der Waals surface area contributed by atoms with Crippen LogP contribution in [0.2, 0.25) is 0 Å². The molecule has 2 aromatic rings. The Balaban J connectivity index is 1.18. The van der Waals surface area contributed by atoms with Crippen LogP contribution in [-0.4, -0.2) is 52.1 Å². The van der Waals surface area contributed by atoms with Gasteiger partial charge in [0.25, 0.3) is 0 Å². The van der Waals surface area contributed by atoms with Crippen LogP contribution >= 0.6 is 0 Å². The Kier molecular flexibility index (Phi) is 7.02. The molecule has 1 saturated carbocycles. The van der Waals surface area contributed by atoms with Crippen molar-refractivity contribution < 1.29 is 27.5 Å². The first kappa shape index (κ1) is 26.1. The fourth-order valence-corrected chi connectivity index (χ4v) is 5.94. The van der Waals surface area contributed by atoms with Crippen LogP contribution < -0.4 is 10.6 Å². The number of nitrogens with one attached hydrogen (secondary N) is 2. The summed E-state index contributed by atoms with van der Waals surface area (Å²) in [6, 6.07) is 6.32. The number of likely N-dealkylation sites (tertiary alicyclic amines) is 1. The molecular formula is C27H32F4N4O2. The van der Waals surface area contributed by atoms with Gasteiger partial charge in [0, 0.05) is 50.2 Å². The summed E-state index contributed by atoms with van der Waals surface area (Å²) in [5.74, 6) is -1.04. The fourth-order valence-electron chi connectivity index (χ4n) is 5.94. The van der Waals surface area contributed by atoms with Crippen molar-refractivity contribution in [2.75, 3.05) is 19.6 Å². The number of carbonyl (C=O) groups excluding carboxylic acids is 1. The van der Waals surface area contributed by atoms with Gasteiger partial charge in [0.15, 0.2) is 0 Å². The summed E-state index contributed by atoms with van der Waals surface area (Å²) in [5.41, 5.74) is -1.79. The van der Waals surface area contributed by atoms with E-state index in [-0.39, 0.29) is 30.0 Å². The predicted octanol–water partition coefficient (Wildman–Crippen LogP) is 3.74. The lowest BCUT2D eigenvalue weighted by Gasteiger charge is -2.47. The Morgan fingerprint density at radius 1 is 1.16 bits per heavy atom. The van der Waals surface area contributed by atoms with Gasteiger partial charge in [0.1, 0.15) is 11.4 Å². The van der Waals surface area contributed by atoms with Gasteiger partial charge in [-0.3, -0.25) is 14.7 Å². The van der Waals surface area contributed by atoms with Gasteiger partial charge >= 0.3 is 6.18 Å². The third-order valence-electron chi connectivity index (χ3n) is 8.28. The molecule has 200 valence electrons. The van der Waals surface area contributed by atoms with Gasteiger partial charge in [-0.2, -0.15) is 13.2 Å². The molecule has 3 aliphatic rings. The van der Waals surface area contributed by atoms with Crippen LogP contribution in [0.5, 0.6) is 0 Å². The van der Waals surface area contributed by atoms with E-state index in [1.54, 1.807) is 12.4 Å². The second-order valence-electron chi connectivity index (χ2n) is 10.7. The zero-order valence-corrected chi connectivity index (χ0v) is 20.5. The number of hydrogen-bond acceptors (Lipinski definition) is 5. The van der Waals surface area contributed by atoms with E-state index >= 15 is 0 Å². The molecule has 2 atom stereocenters. The predicted molar refractivity (Wildman–Crippen MR) is 129 cm³/mol. The Morgan fingerprint density at radius 2 is 1.92 bits per heavy atom. The molecule has 1 aromatic carbocycles. The number of rotatable bonds is 6. The van der Waals surface area contributed by atoms with E-state index in [1.165, 1.54) is 0 Å². The third kappa shape index (κ3) is 5.51. The molecule has 1 aromatic heterocycles. The van der Waals surface area contributed by atoms with E-state index in [2.05, 4.69) is 20.5 Å². The summed E-state index contributed by atoms with van der Waals surface area (Å²) in [6.45, 7) is 1.93. The third-order valence-corrected chi connectivity index (χ3v) is 8.28. The van der Waals surface area contributed by atoms with Crippen LogP contribution in [-0.2, 0) is 23.1 Å². The summed E-state index contributed by atoms with van der Waals surface area (Å²) < 4.78 is 52.9. The van der Waals surface area contributed by atoms with Crippen molar-refractivity contribution in [3.63, 3.8) is 0 Å². The lowest BCUT2D eigenvalue weighted by atomic mass is 9.80. The first-order valence-corrected chi connectivity index (χ1v) is 12.9. The zero-order chi connectivity index (χ0) is 26.3. The first-order chi connectivity index (χ1) is 17.6. The maximum atomic E-state index is 13.8. The van der Waals surface area contributed by atoms with Crippen molar-refractivity contribution >= 4 is 5.91 Å². The van der Waals surface area contributed by atoms with Gasteiger partial charge in [0.05, 0.1) is 11.2 Å². The van der Waals surface area contributed by atoms with E-state index < -0.39 is 28.7 Å². The molecule has 3 heterocycles. The highest BCUT2D eigenvalue weighted by Crippen LogP contribution is 2.45. The minimum Gasteiger partial charge on any atom is -0.385 e. The van der Waals surface area contributed by atoms with E-state index in [4.69, 9.17) is 0 Å². The number of hydrogen-bond donors (Lipinski definition) is 3. The van der Waals surface area contributed by atoms with Crippen LogP contribution in [0.4, 0.5) is 17.6 Å². The van der Waals surface area contributed by atoms with E-state index in [0.29, 0.717) is 31.9 Å². The van der Waals surface area contributed by atoms with E-state index in [0.717, 1.165) is 50.0 Å². The molecule has 1 unspecified atom stereocenters. The topological polar surface area (TPSA) is 77.5 Å². The second-order valence-corrected chi connectivity index (χ2v) is 10.7. The highest BCUT2D eigenvalue weighted by atomic mass is 19.4. The molecule has 3 fully saturated rings. The van der Waals surface area contributed by atoms with E-state index in [1.807, 2.05) is 12.1 Å². The van der Waals surface area contributed by atoms with Gasteiger partial charge in [-0.15, -0.1) is 0 Å². The molecule has 0 radical (unpaired) electrons. The molecule has 6 nitrogen and oxygen atoms in total.